The Morgan fingerprint density at radius 2 is 1.81 bits per heavy atom. The number of fused-ring (bicyclic) bond motifs is 1. The third-order valence-electron chi connectivity index (χ3n) is 8.66. The average Bonchev–Trinajstić information content (AvgIpc) is 3.60. The molecule has 5 atom stereocenters. The Balaban J connectivity index is 1.38. The van der Waals surface area contributed by atoms with Gasteiger partial charge < -0.3 is 45.3 Å². The summed E-state index contributed by atoms with van der Waals surface area (Å²) in [5, 5.41) is 46.9. The van der Waals surface area contributed by atoms with E-state index in [9.17, 15) is 24.9 Å². The highest BCUT2D eigenvalue weighted by Crippen LogP contribution is 2.34. The molecule has 1 aromatic carbocycles. The lowest BCUT2D eigenvalue weighted by atomic mass is 9.94. The summed E-state index contributed by atoms with van der Waals surface area (Å²) in [6.07, 6.45) is 1.54. The van der Waals surface area contributed by atoms with E-state index in [0.29, 0.717) is 42.9 Å². The van der Waals surface area contributed by atoms with Gasteiger partial charge in [0.1, 0.15) is 24.4 Å². The summed E-state index contributed by atoms with van der Waals surface area (Å²) in [4.78, 5) is 39.9. The summed E-state index contributed by atoms with van der Waals surface area (Å²) in [6, 6.07) is 7.86. The van der Waals surface area contributed by atoms with Crippen molar-refractivity contribution in [1.29, 1.82) is 0 Å². The lowest BCUT2D eigenvalue weighted by Crippen LogP contribution is -2.44. The average molecular weight is 664 g/mol. The number of anilines is 1. The molecule has 1 aliphatic carbocycles. The first-order valence-electron chi connectivity index (χ1n) is 16.3. The van der Waals surface area contributed by atoms with Gasteiger partial charge in [-0.2, -0.15) is 0 Å². The molecule has 2 aliphatic rings. The molecule has 1 saturated heterocycles. The summed E-state index contributed by atoms with van der Waals surface area (Å²) in [7, 11) is 0. The van der Waals surface area contributed by atoms with Crippen LogP contribution in [0.5, 0.6) is 0 Å². The lowest BCUT2D eigenvalue weighted by Gasteiger charge is -2.32. The lowest BCUT2D eigenvalue weighted by molar-refractivity contribution is -0.125. The van der Waals surface area contributed by atoms with Gasteiger partial charge in [-0.15, -0.1) is 0 Å². The number of piperidine rings is 1. The summed E-state index contributed by atoms with van der Waals surface area (Å²) < 4.78 is 7.15. The molecule has 3 aromatic rings. The molecule has 2 fully saturated rings. The van der Waals surface area contributed by atoms with Crippen molar-refractivity contribution in [3.05, 3.63) is 48.0 Å². The smallest absolute Gasteiger partial charge is 0.410 e. The molecule has 2 aromatic heterocycles. The van der Waals surface area contributed by atoms with Crippen LogP contribution in [0.1, 0.15) is 63.9 Å². The molecular formula is C34H45N7O7. The van der Waals surface area contributed by atoms with Gasteiger partial charge in [-0.05, 0) is 63.9 Å². The molecule has 0 bridgehead atoms. The van der Waals surface area contributed by atoms with E-state index < -0.39 is 48.4 Å². The van der Waals surface area contributed by atoms with Gasteiger partial charge in [-0.25, -0.2) is 19.7 Å². The predicted molar refractivity (Wildman–Crippen MR) is 177 cm³/mol. The van der Waals surface area contributed by atoms with Crippen molar-refractivity contribution in [3.63, 3.8) is 0 Å². The van der Waals surface area contributed by atoms with E-state index in [0.717, 1.165) is 18.4 Å². The van der Waals surface area contributed by atoms with E-state index in [1.165, 1.54) is 6.33 Å². The van der Waals surface area contributed by atoms with Gasteiger partial charge in [0.15, 0.2) is 17.0 Å². The van der Waals surface area contributed by atoms with Crippen molar-refractivity contribution >= 4 is 29.0 Å². The SMILES string of the molecule is CC(C)(C)OC(=O)N1CCC(CC#Cc2nc(N[C@H](CO)Cc3ccccc3)c3ncn([C@@H]4C[C@H](NC(=O)CO)[C@@H](O)[C@H]4O)c3n2)CC1. The summed E-state index contributed by atoms with van der Waals surface area (Å²) >= 11 is 0. The Morgan fingerprint density at radius 3 is 2.48 bits per heavy atom. The Hall–Kier alpha value is -4.29. The van der Waals surface area contributed by atoms with Crippen molar-refractivity contribution < 1.29 is 34.8 Å². The number of ether oxygens (including phenoxy) is 1. The molecule has 48 heavy (non-hydrogen) atoms. The van der Waals surface area contributed by atoms with Crippen molar-refractivity contribution in [3.8, 4) is 11.8 Å². The predicted octanol–water partition coefficient (Wildman–Crippen LogP) is 1.37. The number of benzene rings is 1. The van der Waals surface area contributed by atoms with E-state index in [1.807, 2.05) is 51.1 Å². The number of likely N-dealkylation sites (tertiary alicyclic amines) is 1. The molecule has 14 nitrogen and oxygen atoms in total. The number of nitrogens with zero attached hydrogens (tertiary/aromatic N) is 5. The van der Waals surface area contributed by atoms with Gasteiger partial charge in [0, 0.05) is 19.5 Å². The first-order valence-corrected chi connectivity index (χ1v) is 16.3. The van der Waals surface area contributed by atoms with Crippen LogP contribution in [0.3, 0.4) is 0 Å². The zero-order valence-electron chi connectivity index (χ0n) is 27.5. The molecule has 0 unspecified atom stereocenters. The number of hydrogen-bond donors (Lipinski definition) is 6. The van der Waals surface area contributed by atoms with E-state index in [2.05, 4.69) is 32.4 Å². The van der Waals surface area contributed by atoms with E-state index in [1.54, 1.807) is 9.47 Å². The second-order valence-corrected chi connectivity index (χ2v) is 13.5. The minimum Gasteiger partial charge on any atom is -0.444 e. The Labute approximate surface area is 279 Å². The monoisotopic (exact) mass is 663 g/mol. The fraction of sp³-hybridized carbons (Fsp3) is 0.559. The molecule has 3 heterocycles. The van der Waals surface area contributed by atoms with Gasteiger partial charge in [0.25, 0.3) is 0 Å². The zero-order chi connectivity index (χ0) is 34.4. The number of aliphatic hydroxyl groups is 4. The maximum atomic E-state index is 12.4. The number of nitrogens with one attached hydrogen (secondary N) is 2. The number of aromatic nitrogens is 4. The van der Waals surface area contributed by atoms with Gasteiger partial charge in [0.05, 0.1) is 31.1 Å². The molecule has 1 aliphatic heterocycles. The molecule has 258 valence electrons. The number of carbonyl (C=O) groups is 2. The molecule has 0 spiro atoms. The molecule has 6 N–H and O–H groups in total. The number of hydrogen-bond acceptors (Lipinski definition) is 11. The number of carbonyl (C=O) groups excluding carboxylic acids is 2. The van der Waals surface area contributed by atoms with Gasteiger partial charge in [-0.1, -0.05) is 36.3 Å². The summed E-state index contributed by atoms with van der Waals surface area (Å²) in [5.41, 5.74) is 1.24. The topological polar surface area (TPSA) is 195 Å². The molecule has 2 amide bonds. The second-order valence-electron chi connectivity index (χ2n) is 13.5. The van der Waals surface area contributed by atoms with Crippen LogP contribution in [0.15, 0.2) is 36.7 Å². The molecular weight excluding hydrogens is 618 g/mol. The minimum absolute atomic E-state index is 0.169. The van der Waals surface area contributed by atoms with Gasteiger partial charge in [-0.3, -0.25) is 4.79 Å². The fourth-order valence-corrected chi connectivity index (χ4v) is 6.17. The Kier molecular flexibility index (Phi) is 11.2. The van der Waals surface area contributed by atoms with Crippen LogP contribution in [-0.2, 0) is 16.0 Å². The van der Waals surface area contributed by atoms with Crippen molar-refractivity contribution in [2.24, 2.45) is 5.92 Å². The van der Waals surface area contributed by atoms with Crippen LogP contribution in [0, 0.1) is 17.8 Å². The number of amides is 2. The normalized spacial score (nSPS) is 22.2. The minimum atomic E-state index is -1.27. The van der Waals surface area contributed by atoms with Crippen LogP contribution < -0.4 is 10.6 Å². The highest BCUT2D eigenvalue weighted by atomic mass is 16.6. The Bertz CT molecular complexity index is 1620. The number of imidazole rings is 1. The summed E-state index contributed by atoms with van der Waals surface area (Å²) in [6.45, 7) is 5.82. The second kappa shape index (κ2) is 15.3. The first kappa shape index (κ1) is 35.0. The summed E-state index contributed by atoms with van der Waals surface area (Å²) in [5.74, 6) is 6.50. The fourth-order valence-electron chi connectivity index (χ4n) is 6.17. The molecule has 1 saturated carbocycles. The van der Waals surface area contributed by atoms with Crippen LogP contribution in [-0.4, -0.2) is 113 Å². The van der Waals surface area contributed by atoms with E-state index >= 15 is 0 Å². The third-order valence-corrected chi connectivity index (χ3v) is 8.66. The molecule has 0 radical (unpaired) electrons. The Morgan fingerprint density at radius 1 is 1.08 bits per heavy atom. The van der Waals surface area contributed by atoms with E-state index in [4.69, 9.17) is 14.8 Å². The molecule has 14 heteroatoms. The zero-order valence-corrected chi connectivity index (χ0v) is 27.5. The van der Waals surface area contributed by atoms with Gasteiger partial charge in [0.2, 0.25) is 11.7 Å². The quantitative estimate of drug-likeness (QED) is 0.181. The van der Waals surface area contributed by atoms with Crippen molar-refractivity contribution in [2.75, 3.05) is 31.6 Å². The maximum absolute atomic E-state index is 12.4. The maximum Gasteiger partial charge on any atom is 0.410 e. The van der Waals surface area contributed by atoms with E-state index in [-0.39, 0.29) is 30.9 Å². The first-order chi connectivity index (χ1) is 23.0. The van der Waals surface area contributed by atoms with Crippen LogP contribution in [0.25, 0.3) is 11.2 Å². The van der Waals surface area contributed by atoms with Crippen molar-refractivity contribution in [1.82, 2.24) is 29.7 Å². The van der Waals surface area contributed by atoms with Crippen LogP contribution in [0.2, 0.25) is 0 Å². The largest absolute Gasteiger partial charge is 0.444 e. The van der Waals surface area contributed by atoms with Crippen LogP contribution in [0.4, 0.5) is 10.6 Å². The van der Waals surface area contributed by atoms with Gasteiger partial charge >= 0.3 is 6.09 Å². The van der Waals surface area contributed by atoms with Crippen molar-refractivity contribution in [2.45, 2.75) is 88.8 Å². The number of aliphatic hydroxyl groups excluding tert-OH is 4. The molecule has 5 rings (SSSR count). The standard InChI is InChI=1S/C34H45N7O7/c1-34(2,3)48-33(47)40-14-12-21(13-15-40)10-7-11-26-38-31(36-23(18-42)16-22-8-5-4-6-9-22)28-32(39-26)41(20-35-28)25-17-24(29(45)30(25)46)37-27(44)19-43/h4-6,8-9,20-21,23-25,29-30,42-43,45-46H,10,12-19H2,1-3H3,(H,37,44)(H,36,38,39)/t23-,24-,25+,29+,30-/m0/s1. The number of rotatable bonds is 9. The highest BCUT2D eigenvalue weighted by Gasteiger charge is 2.44. The highest BCUT2D eigenvalue weighted by molar-refractivity contribution is 5.84. The van der Waals surface area contributed by atoms with Crippen LogP contribution >= 0.6 is 0 Å². The third kappa shape index (κ3) is 8.59.